The van der Waals surface area contributed by atoms with Crippen molar-refractivity contribution in [2.24, 2.45) is 5.92 Å². The molecule has 0 spiro atoms. The number of rotatable bonds is 5. The molecule has 0 aromatic heterocycles. The van der Waals surface area contributed by atoms with Gasteiger partial charge in [0, 0.05) is 12.6 Å². The molecule has 4 nitrogen and oxygen atoms in total. The Bertz CT molecular complexity index is 437. The number of amides is 1. The fourth-order valence-electron chi connectivity index (χ4n) is 2.56. The molecular weight excluding hydrogens is 252 g/mol. The number of likely N-dealkylation sites (tertiary alicyclic amines) is 1. The van der Waals surface area contributed by atoms with Gasteiger partial charge in [-0.05, 0) is 43.8 Å². The van der Waals surface area contributed by atoms with Gasteiger partial charge in [0.1, 0.15) is 0 Å². The molecule has 0 unspecified atom stereocenters. The third kappa shape index (κ3) is 4.79. The van der Waals surface area contributed by atoms with Crippen LogP contribution in [0.3, 0.4) is 0 Å². The molecule has 1 aliphatic heterocycles. The Morgan fingerprint density at radius 1 is 1.30 bits per heavy atom. The molecule has 0 radical (unpaired) electrons. The Morgan fingerprint density at radius 2 is 2.00 bits per heavy atom. The van der Waals surface area contributed by atoms with Crippen LogP contribution in [0.1, 0.15) is 18.4 Å². The number of hydrogen-bond donors (Lipinski definition) is 2. The number of hydroxylamine groups is 1. The summed E-state index contributed by atoms with van der Waals surface area (Å²) in [6.45, 7) is 3.24. The van der Waals surface area contributed by atoms with Crippen molar-refractivity contribution in [3.05, 3.63) is 48.0 Å². The number of nitrogens with zero attached hydrogens (tertiary/aromatic N) is 1. The highest BCUT2D eigenvalue weighted by Crippen LogP contribution is 2.18. The molecule has 1 aromatic carbocycles. The maximum atomic E-state index is 10.9. The van der Waals surface area contributed by atoms with Gasteiger partial charge in [-0.2, -0.15) is 0 Å². The van der Waals surface area contributed by atoms with Gasteiger partial charge in [-0.3, -0.25) is 10.0 Å². The predicted octanol–water partition coefficient (Wildman–Crippen LogP) is 2.00. The average molecular weight is 274 g/mol. The van der Waals surface area contributed by atoms with Crippen LogP contribution in [0.25, 0.3) is 0 Å². The standard InChI is InChI=1S/C16H22N2O2/c19-16(17-20)7-6-15-9-12-18(13-10-15)11-8-14-4-2-1-3-5-14/h1-7,15,20H,8-13H2,(H,17,19)/b7-6+. The molecule has 1 aliphatic rings. The normalized spacial score (nSPS) is 17.4. The van der Waals surface area contributed by atoms with E-state index in [0.717, 1.165) is 38.9 Å². The molecule has 1 fully saturated rings. The first-order chi connectivity index (χ1) is 9.78. The largest absolute Gasteiger partial charge is 0.303 e. The number of hydrogen-bond acceptors (Lipinski definition) is 3. The molecule has 1 aromatic rings. The van der Waals surface area contributed by atoms with Crippen LogP contribution in [0.5, 0.6) is 0 Å². The summed E-state index contributed by atoms with van der Waals surface area (Å²) >= 11 is 0. The van der Waals surface area contributed by atoms with Crippen molar-refractivity contribution in [2.75, 3.05) is 19.6 Å². The van der Waals surface area contributed by atoms with Crippen molar-refractivity contribution >= 4 is 5.91 Å². The fourth-order valence-corrected chi connectivity index (χ4v) is 2.56. The second kappa shape index (κ2) is 7.82. The first kappa shape index (κ1) is 14.8. The Morgan fingerprint density at radius 3 is 2.65 bits per heavy atom. The van der Waals surface area contributed by atoms with Crippen molar-refractivity contribution < 1.29 is 10.0 Å². The summed E-state index contributed by atoms with van der Waals surface area (Å²) in [6, 6.07) is 10.5. The van der Waals surface area contributed by atoms with Crippen LogP contribution in [0.15, 0.2) is 42.5 Å². The van der Waals surface area contributed by atoms with E-state index in [1.807, 2.05) is 12.1 Å². The molecule has 1 heterocycles. The molecular formula is C16H22N2O2. The molecule has 0 aliphatic carbocycles. The average Bonchev–Trinajstić information content (AvgIpc) is 2.52. The third-order valence-electron chi connectivity index (χ3n) is 3.82. The molecule has 2 N–H and O–H groups in total. The zero-order chi connectivity index (χ0) is 14.2. The van der Waals surface area contributed by atoms with Crippen LogP contribution in [0.4, 0.5) is 0 Å². The lowest BCUT2D eigenvalue weighted by Crippen LogP contribution is -2.34. The van der Waals surface area contributed by atoms with Crippen molar-refractivity contribution in [3.63, 3.8) is 0 Å². The lowest BCUT2D eigenvalue weighted by atomic mass is 9.96. The van der Waals surface area contributed by atoms with Gasteiger partial charge in [0.2, 0.25) is 0 Å². The van der Waals surface area contributed by atoms with Crippen molar-refractivity contribution in [2.45, 2.75) is 19.3 Å². The number of carbonyl (C=O) groups is 1. The topological polar surface area (TPSA) is 52.6 Å². The smallest absolute Gasteiger partial charge is 0.267 e. The number of allylic oxidation sites excluding steroid dienone is 1. The van der Waals surface area contributed by atoms with E-state index >= 15 is 0 Å². The van der Waals surface area contributed by atoms with Gasteiger partial charge < -0.3 is 4.90 Å². The van der Waals surface area contributed by atoms with E-state index < -0.39 is 5.91 Å². The Kier molecular flexibility index (Phi) is 5.77. The second-order valence-electron chi connectivity index (χ2n) is 5.25. The van der Waals surface area contributed by atoms with Gasteiger partial charge in [0.05, 0.1) is 0 Å². The van der Waals surface area contributed by atoms with Gasteiger partial charge in [-0.25, -0.2) is 5.48 Å². The Hall–Kier alpha value is -1.65. The van der Waals surface area contributed by atoms with Gasteiger partial charge >= 0.3 is 0 Å². The van der Waals surface area contributed by atoms with E-state index in [0.29, 0.717) is 5.92 Å². The third-order valence-corrected chi connectivity index (χ3v) is 3.82. The summed E-state index contributed by atoms with van der Waals surface area (Å²) in [5, 5.41) is 8.43. The maximum absolute atomic E-state index is 10.9. The quantitative estimate of drug-likeness (QED) is 0.490. The first-order valence-electron chi connectivity index (χ1n) is 7.16. The fraction of sp³-hybridized carbons (Fsp3) is 0.438. The highest BCUT2D eigenvalue weighted by atomic mass is 16.5. The molecule has 20 heavy (non-hydrogen) atoms. The highest BCUT2D eigenvalue weighted by Gasteiger charge is 2.16. The molecule has 1 amide bonds. The van der Waals surface area contributed by atoms with Gasteiger partial charge in [0.25, 0.3) is 5.91 Å². The number of piperidine rings is 1. The summed E-state index contributed by atoms with van der Waals surface area (Å²) in [6.07, 6.45) is 6.56. The number of nitrogens with one attached hydrogen (secondary N) is 1. The lowest BCUT2D eigenvalue weighted by Gasteiger charge is -2.30. The van der Waals surface area contributed by atoms with Crippen molar-refractivity contribution in [1.29, 1.82) is 0 Å². The molecule has 2 rings (SSSR count). The summed E-state index contributed by atoms with van der Waals surface area (Å²) in [5.41, 5.74) is 3.00. The number of carbonyl (C=O) groups excluding carboxylic acids is 1. The Labute approximate surface area is 120 Å². The van der Waals surface area contributed by atoms with E-state index in [2.05, 4.69) is 29.2 Å². The molecule has 0 bridgehead atoms. The SMILES string of the molecule is O=C(/C=C/C1CCN(CCc2ccccc2)CC1)NO. The van der Waals surface area contributed by atoms with Crippen LogP contribution in [-0.2, 0) is 11.2 Å². The maximum Gasteiger partial charge on any atom is 0.267 e. The zero-order valence-corrected chi connectivity index (χ0v) is 11.7. The van der Waals surface area contributed by atoms with Crippen LogP contribution in [0, 0.1) is 5.92 Å². The lowest BCUT2D eigenvalue weighted by molar-refractivity contribution is -0.124. The molecule has 108 valence electrons. The first-order valence-corrected chi connectivity index (χ1v) is 7.16. The minimum absolute atomic E-state index is 0.445. The van der Waals surface area contributed by atoms with Crippen LogP contribution in [-0.4, -0.2) is 35.6 Å². The van der Waals surface area contributed by atoms with Crippen molar-refractivity contribution in [3.8, 4) is 0 Å². The molecule has 0 atom stereocenters. The van der Waals surface area contributed by atoms with E-state index in [1.54, 1.807) is 5.48 Å². The Balaban J connectivity index is 1.69. The number of benzene rings is 1. The van der Waals surface area contributed by atoms with E-state index in [1.165, 1.54) is 11.6 Å². The summed E-state index contributed by atoms with van der Waals surface area (Å²) in [4.78, 5) is 13.4. The van der Waals surface area contributed by atoms with Gasteiger partial charge in [-0.1, -0.05) is 36.4 Å². The van der Waals surface area contributed by atoms with E-state index in [4.69, 9.17) is 5.21 Å². The summed E-state index contributed by atoms with van der Waals surface area (Å²) < 4.78 is 0. The van der Waals surface area contributed by atoms with E-state index in [9.17, 15) is 4.79 Å². The second-order valence-corrected chi connectivity index (χ2v) is 5.25. The minimum atomic E-state index is -0.448. The monoisotopic (exact) mass is 274 g/mol. The van der Waals surface area contributed by atoms with Crippen molar-refractivity contribution in [1.82, 2.24) is 10.4 Å². The molecule has 0 saturated carbocycles. The van der Waals surface area contributed by atoms with Crippen LogP contribution in [0.2, 0.25) is 0 Å². The van der Waals surface area contributed by atoms with Crippen LogP contribution < -0.4 is 5.48 Å². The highest BCUT2D eigenvalue weighted by molar-refractivity contribution is 5.86. The summed E-state index contributed by atoms with van der Waals surface area (Å²) in [5.74, 6) is -0.00298. The van der Waals surface area contributed by atoms with E-state index in [-0.39, 0.29) is 0 Å². The van der Waals surface area contributed by atoms with Gasteiger partial charge in [0.15, 0.2) is 0 Å². The zero-order valence-electron chi connectivity index (χ0n) is 11.7. The van der Waals surface area contributed by atoms with Crippen LogP contribution >= 0.6 is 0 Å². The molecule has 1 saturated heterocycles. The minimum Gasteiger partial charge on any atom is -0.303 e. The molecule has 4 heteroatoms. The predicted molar refractivity (Wildman–Crippen MR) is 78.4 cm³/mol. The summed E-state index contributed by atoms with van der Waals surface area (Å²) in [7, 11) is 0. The van der Waals surface area contributed by atoms with Gasteiger partial charge in [-0.15, -0.1) is 0 Å².